The van der Waals surface area contributed by atoms with Gasteiger partial charge in [0.15, 0.2) is 15.8 Å². The number of halogens is 1. The van der Waals surface area contributed by atoms with Crippen LogP contribution in [-0.4, -0.2) is 32.7 Å². The summed E-state index contributed by atoms with van der Waals surface area (Å²) in [6.45, 7) is 6.93. The second-order valence-corrected chi connectivity index (χ2v) is 8.73. The van der Waals surface area contributed by atoms with E-state index in [9.17, 15) is 8.42 Å². The quantitative estimate of drug-likeness (QED) is 0.232. The van der Waals surface area contributed by atoms with E-state index in [4.69, 9.17) is 5.73 Å². The number of nitrogens with one attached hydrogen (secondary N) is 1. The highest BCUT2D eigenvalue weighted by Crippen LogP contribution is 2.11. The predicted octanol–water partition coefficient (Wildman–Crippen LogP) is 3.59. The summed E-state index contributed by atoms with van der Waals surface area (Å²) in [7, 11) is -3.23. The Labute approximate surface area is 169 Å². The zero-order valence-electron chi connectivity index (χ0n) is 15.4. The second kappa shape index (κ2) is 12.5. The third-order valence-electron chi connectivity index (χ3n) is 3.77. The number of nitrogens with two attached hydrogens (primary N) is 1. The van der Waals surface area contributed by atoms with Crippen LogP contribution in [0.5, 0.6) is 0 Å². The maximum absolute atomic E-state index is 12.1. The van der Waals surface area contributed by atoms with Crippen molar-refractivity contribution in [2.24, 2.45) is 16.6 Å². The highest BCUT2D eigenvalue weighted by atomic mass is 127. The minimum atomic E-state index is -3.23. The van der Waals surface area contributed by atoms with Crippen LogP contribution < -0.4 is 11.1 Å². The van der Waals surface area contributed by atoms with Crippen molar-refractivity contribution >= 4 is 39.8 Å². The van der Waals surface area contributed by atoms with E-state index in [1.54, 1.807) is 30.3 Å². The fourth-order valence-corrected chi connectivity index (χ4v) is 3.72. The molecule has 144 valence electrons. The van der Waals surface area contributed by atoms with Crippen LogP contribution >= 0.6 is 24.0 Å². The van der Waals surface area contributed by atoms with Gasteiger partial charge in [-0.25, -0.2) is 8.42 Å². The van der Waals surface area contributed by atoms with E-state index in [-0.39, 0.29) is 35.8 Å². The lowest BCUT2D eigenvalue weighted by Crippen LogP contribution is -2.38. The SMILES string of the molecule is CC(C)CCCC(C)NC(N)=NCCCS(=O)(=O)c1ccccc1.I. The molecule has 25 heavy (non-hydrogen) atoms. The molecule has 5 nitrogen and oxygen atoms in total. The molecule has 7 heteroatoms. The van der Waals surface area contributed by atoms with E-state index in [0.29, 0.717) is 23.8 Å². The molecule has 0 aliphatic rings. The van der Waals surface area contributed by atoms with Gasteiger partial charge in [0.1, 0.15) is 0 Å². The number of benzene rings is 1. The number of aliphatic imine (C=N–C) groups is 1. The summed E-state index contributed by atoms with van der Waals surface area (Å²) in [6, 6.07) is 8.78. The molecule has 0 fully saturated rings. The van der Waals surface area contributed by atoms with E-state index >= 15 is 0 Å². The molecule has 3 N–H and O–H groups in total. The van der Waals surface area contributed by atoms with Crippen LogP contribution in [0, 0.1) is 5.92 Å². The molecule has 0 aliphatic carbocycles. The van der Waals surface area contributed by atoms with Gasteiger partial charge in [-0.2, -0.15) is 0 Å². The number of guanidine groups is 1. The van der Waals surface area contributed by atoms with E-state index in [2.05, 4.69) is 31.1 Å². The van der Waals surface area contributed by atoms with Gasteiger partial charge in [-0.15, -0.1) is 24.0 Å². The van der Waals surface area contributed by atoms with Crippen LogP contribution in [-0.2, 0) is 9.84 Å². The highest BCUT2D eigenvalue weighted by Gasteiger charge is 2.12. The number of sulfone groups is 1. The Morgan fingerprint density at radius 2 is 1.76 bits per heavy atom. The fraction of sp³-hybridized carbons (Fsp3) is 0.611. The fourth-order valence-electron chi connectivity index (χ4n) is 2.40. The normalized spacial score (nSPS) is 13.4. The minimum absolute atomic E-state index is 0. The van der Waals surface area contributed by atoms with Gasteiger partial charge in [0.2, 0.25) is 0 Å². The Kier molecular flexibility index (Phi) is 12.1. The summed E-state index contributed by atoms with van der Waals surface area (Å²) in [5, 5.41) is 3.16. The molecule has 0 bridgehead atoms. The predicted molar refractivity (Wildman–Crippen MR) is 116 cm³/mol. The number of hydrogen-bond acceptors (Lipinski definition) is 3. The van der Waals surface area contributed by atoms with Crippen molar-refractivity contribution in [2.45, 2.75) is 57.4 Å². The molecule has 0 aliphatic heterocycles. The summed E-state index contributed by atoms with van der Waals surface area (Å²) < 4.78 is 24.3. The van der Waals surface area contributed by atoms with E-state index < -0.39 is 9.84 Å². The first-order valence-corrected chi connectivity index (χ1v) is 10.3. The van der Waals surface area contributed by atoms with Gasteiger partial charge in [0.05, 0.1) is 10.6 Å². The van der Waals surface area contributed by atoms with Crippen LogP contribution in [0.2, 0.25) is 0 Å². The number of rotatable bonds is 10. The number of nitrogens with zero attached hydrogens (tertiary/aromatic N) is 1. The van der Waals surface area contributed by atoms with Crippen molar-refractivity contribution in [3.8, 4) is 0 Å². The van der Waals surface area contributed by atoms with E-state index in [0.717, 1.165) is 18.8 Å². The maximum Gasteiger partial charge on any atom is 0.188 e. The molecular weight excluding hydrogens is 449 g/mol. The van der Waals surface area contributed by atoms with Gasteiger partial charge in [-0.1, -0.05) is 44.9 Å². The lowest BCUT2D eigenvalue weighted by molar-refractivity contribution is 0.493. The first-order chi connectivity index (χ1) is 11.3. The van der Waals surface area contributed by atoms with Crippen molar-refractivity contribution < 1.29 is 8.42 Å². The topological polar surface area (TPSA) is 84.5 Å². The van der Waals surface area contributed by atoms with Crippen molar-refractivity contribution in [2.75, 3.05) is 12.3 Å². The summed E-state index contributed by atoms with van der Waals surface area (Å²) in [5.74, 6) is 1.19. The van der Waals surface area contributed by atoms with Crippen LogP contribution in [0.25, 0.3) is 0 Å². The summed E-state index contributed by atoms with van der Waals surface area (Å²) in [4.78, 5) is 4.58. The Morgan fingerprint density at radius 3 is 2.36 bits per heavy atom. The van der Waals surface area contributed by atoms with E-state index in [1.165, 1.54) is 6.42 Å². The van der Waals surface area contributed by atoms with Crippen LogP contribution in [0.1, 0.15) is 46.5 Å². The third-order valence-corrected chi connectivity index (χ3v) is 5.59. The summed E-state index contributed by atoms with van der Waals surface area (Å²) >= 11 is 0. The smallest absolute Gasteiger partial charge is 0.188 e. The molecule has 0 saturated carbocycles. The van der Waals surface area contributed by atoms with Crippen LogP contribution in [0.3, 0.4) is 0 Å². The molecule has 1 unspecified atom stereocenters. The number of hydrogen-bond donors (Lipinski definition) is 2. The molecule has 1 atom stereocenters. The summed E-state index contributed by atoms with van der Waals surface area (Å²) in [6.07, 6.45) is 3.88. The van der Waals surface area contributed by atoms with Crippen molar-refractivity contribution in [1.29, 1.82) is 0 Å². The Bertz CT molecular complexity index is 604. The Morgan fingerprint density at radius 1 is 1.12 bits per heavy atom. The molecule has 0 amide bonds. The van der Waals surface area contributed by atoms with Gasteiger partial charge in [0.25, 0.3) is 0 Å². The van der Waals surface area contributed by atoms with Gasteiger partial charge in [-0.3, -0.25) is 4.99 Å². The molecular formula is C18H32IN3O2S. The average molecular weight is 481 g/mol. The first kappa shape index (κ1) is 24.2. The molecule has 0 aromatic heterocycles. The molecule has 0 radical (unpaired) electrons. The average Bonchev–Trinajstić information content (AvgIpc) is 2.52. The third kappa shape index (κ3) is 10.7. The molecule has 0 saturated heterocycles. The molecule has 1 rings (SSSR count). The van der Waals surface area contributed by atoms with Gasteiger partial charge >= 0.3 is 0 Å². The molecule has 1 aromatic rings. The lowest BCUT2D eigenvalue weighted by Gasteiger charge is -2.15. The summed E-state index contributed by atoms with van der Waals surface area (Å²) in [5.41, 5.74) is 5.86. The van der Waals surface area contributed by atoms with Crippen molar-refractivity contribution in [1.82, 2.24) is 5.32 Å². The molecule has 0 heterocycles. The highest BCUT2D eigenvalue weighted by molar-refractivity contribution is 14.0. The monoisotopic (exact) mass is 481 g/mol. The van der Waals surface area contributed by atoms with Gasteiger partial charge in [-0.05, 0) is 37.8 Å². The molecule has 1 aromatic carbocycles. The largest absolute Gasteiger partial charge is 0.370 e. The van der Waals surface area contributed by atoms with E-state index in [1.807, 2.05) is 0 Å². The zero-order chi connectivity index (χ0) is 18.0. The van der Waals surface area contributed by atoms with Crippen molar-refractivity contribution in [3.05, 3.63) is 30.3 Å². The van der Waals surface area contributed by atoms with Crippen molar-refractivity contribution in [3.63, 3.8) is 0 Å². The van der Waals surface area contributed by atoms with Crippen LogP contribution in [0.4, 0.5) is 0 Å². The molecule has 0 spiro atoms. The first-order valence-electron chi connectivity index (χ1n) is 8.65. The minimum Gasteiger partial charge on any atom is -0.370 e. The lowest BCUT2D eigenvalue weighted by atomic mass is 10.0. The standard InChI is InChI=1S/C18H31N3O2S.HI/c1-15(2)9-7-10-16(3)21-18(19)20-13-8-14-24(22,23)17-11-5-4-6-12-17;/h4-6,11-12,15-16H,7-10,13-14H2,1-3H3,(H3,19,20,21);1H. The second-order valence-electron chi connectivity index (χ2n) is 6.62. The maximum atomic E-state index is 12.1. The van der Waals surface area contributed by atoms with Gasteiger partial charge in [0, 0.05) is 12.6 Å². The zero-order valence-corrected chi connectivity index (χ0v) is 18.6. The Balaban J connectivity index is 0.00000576. The van der Waals surface area contributed by atoms with Crippen LogP contribution in [0.15, 0.2) is 40.2 Å². The van der Waals surface area contributed by atoms with Gasteiger partial charge < -0.3 is 11.1 Å². The Hall–Kier alpha value is -0.830.